The van der Waals surface area contributed by atoms with E-state index >= 15 is 0 Å². The van der Waals surface area contributed by atoms with Crippen molar-refractivity contribution in [2.24, 2.45) is 0 Å². The second-order valence-electron chi connectivity index (χ2n) is 5.52. The van der Waals surface area contributed by atoms with Crippen LogP contribution in [0.15, 0.2) is 48.7 Å². The number of carbonyl (C=O) groups is 1. The number of rotatable bonds is 3. The number of piperazine rings is 1. The van der Waals surface area contributed by atoms with Crippen molar-refractivity contribution in [1.29, 1.82) is 0 Å². The summed E-state index contributed by atoms with van der Waals surface area (Å²) < 4.78 is 0. The van der Waals surface area contributed by atoms with Crippen molar-refractivity contribution < 1.29 is 4.79 Å². The summed E-state index contributed by atoms with van der Waals surface area (Å²) in [5.41, 5.74) is 7.57. The van der Waals surface area contributed by atoms with Crippen LogP contribution in [0, 0.1) is 0 Å². The highest BCUT2D eigenvalue weighted by Crippen LogP contribution is 2.12. The SMILES string of the molecule is Nc1cc(C(=O)N2CCN(Cc3ccccc3)CC2)ccn1. The summed E-state index contributed by atoms with van der Waals surface area (Å²) in [7, 11) is 0. The average Bonchev–Trinajstić information content (AvgIpc) is 2.56. The Labute approximate surface area is 130 Å². The van der Waals surface area contributed by atoms with Gasteiger partial charge in [-0.3, -0.25) is 9.69 Å². The maximum absolute atomic E-state index is 12.4. The molecule has 0 unspecified atom stereocenters. The van der Waals surface area contributed by atoms with Gasteiger partial charge in [-0.25, -0.2) is 4.98 Å². The van der Waals surface area contributed by atoms with Crippen LogP contribution in [0.25, 0.3) is 0 Å². The number of nitrogens with zero attached hydrogens (tertiary/aromatic N) is 3. The Morgan fingerprint density at radius 3 is 2.50 bits per heavy atom. The first kappa shape index (κ1) is 14.5. The molecule has 114 valence electrons. The lowest BCUT2D eigenvalue weighted by Gasteiger charge is -2.34. The Hall–Kier alpha value is -2.40. The summed E-state index contributed by atoms with van der Waals surface area (Å²) in [4.78, 5) is 20.6. The smallest absolute Gasteiger partial charge is 0.254 e. The highest BCUT2D eigenvalue weighted by atomic mass is 16.2. The summed E-state index contributed by atoms with van der Waals surface area (Å²) in [6.45, 7) is 4.20. The zero-order valence-corrected chi connectivity index (χ0v) is 12.5. The minimum Gasteiger partial charge on any atom is -0.384 e. The monoisotopic (exact) mass is 296 g/mol. The van der Waals surface area contributed by atoms with E-state index in [0.717, 1.165) is 32.7 Å². The van der Waals surface area contributed by atoms with Crippen molar-refractivity contribution in [3.8, 4) is 0 Å². The maximum Gasteiger partial charge on any atom is 0.254 e. The summed E-state index contributed by atoms with van der Waals surface area (Å²) in [6.07, 6.45) is 1.58. The topological polar surface area (TPSA) is 62.5 Å². The number of amides is 1. The molecule has 22 heavy (non-hydrogen) atoms. The molecule has 1 aromatic carbocycles. The van der Waals surface area contributed by atoms with Crippen LogP contribution in [0.3, 0.4) is 0 Å². The molecule has 1 aromatic heterocycles. The number of nitrogen functional groups attached to an aromatic ring is 1. The van der Waals surface area contributed by atoms with E-state index in [1.54, 1.807) is 18.3 Å². The van der Waals surface area contributed by atoms with Gasteiger partial charge in [0.05, 0.1) is 0 Å². The van der Waals surface area contributed by atoms with Gasteiger partial charge in [0.25, 0.3) is 5.91 Å². The third kappa shape index (κ3) is 3.43. The van der Waals surface area contributed by atoms with Crippen LogP contribution < -0.4 is 5.73 Å². The van der Waals surface area contributed by atoms with Gasteiger partial charge in [-0.2, -0.15) is 0 Å². The Morgan fingerprint density at radius 1 is 1.09 bits per heavy atom. The molecule has 1 amide bonds. The molecule has 1 aliphatic rings. The number of hydrogen-bond acceptors (Lipinski definition) is 4. The van der Waals surface area contributed by atoms with E-state index in [0.29, 0.717) is 11.4 Å². The van der Waals surface area contributed by atoms with E-state index in [4.69, 9.17) is 5.73 Å². The molecule has 2 heterocycles. The Morgan fingerprint density at radius 2 is 1.82 bits per heavy atom. The molecule has 1 aliphatic heterocycles. The van der Waals surface area contributed by atoms with Crippen LogP contribution in [0.5, 0.6) is 0 Å². The van der Waals surface area contributed by atoms with Crippen molar-refractivity contribution in [2.75, 3.05) is 31.9 Å². The van der Waals surface area contributed by atoms with E-state index in [9.17, 15) is 4.79 Å². The fraction of sp³-hybridized carbons (Fsp3) is 0.294. The van der Waals surface area contributed by atoms with E-state index in [1.807, 2.05) is 11.0 Å². The number of anilines is 1. The number of nitrogens with two attached hydrogens (primary N) is 1. The van der Waals surface area contributed by atoms with Crippen LogP contribution >= 0.6 is 0 Å². The normalized spacial score (nSPS) is 15.7. The molecule has 0 atom stereocenters. The van der Waals surface area contributed by atoms with E-state index < -0.39 is 0 Å². The molecule has 2 N–H and O–H groups in total. The van der Waals surface area contributed by atoms with Gasteiger partial charge in [0, 0.05) is 44.5 Å². The van der Waals surface area contributed by atoms with Gasteiger partial charge in [-0.15, -0.1) is 0 Å². The summed E-state index contributed by atoms with van der Waals surface area (Å²) in [5, 5.41) is 0. The van der Waals surface area contributed by atoms with Crippen LogP contribution in [0.2, 0.25) is 0 Å². The van der Waals surface area contributed by atoms with Gasteiger partial charge in [0.2, 0.25) is 0 Å². The standard InChI is InChI=1S/C17H20N4O/c18-16-12-15(6-7-19-16)17(22)21-10-8-20(9-11-21)13-14-4-2-1-3-5-14/h1-7,12H,8-11,13H2,(H2,18,19). The van der Waals surface area contributed by atoms with Crippen molar-refractivity contribution in [3.63, 3.8) is 0 Å². The molecular formula is C17H20N4O. The van der Waals surface area contributed by atoms with Crippen LogP contribution in [-0.4, -0.2) is 46.9 Å². The van der Waals surface area contributed by atoms with Gasteiger partial charge < -0.3 is 10.6 Å². The molecule has 0 bridgehead atoms. The molecular weight excluding hydrogens is 276 g/mol. The van der Waals surface area contributed by atoms with Gasteiger partial charge >= 0.3 is 0 Å². The van der Waals surface area contributed by atoms with Crippen LogP contribution in [0.4, 0.5) is 5.82 Å². The maximum atomic E-state index is 12.4. The Bertz CT molecular complexity index is 636. The largest absolute Gasteiger partial charge is 0.384 e. The second-order valence-corrected chi connectivity index (χ2v) is 5.52. The molecule has 0 saturated carbocycles. The number of hydrogen-bond donors (Lipinski definition) is 1. The molecule has 0 spiro atoms. The van der Waals surface area contributed by atoms with E-state index in [2.05, 4.69) is 34.1 Å². The lowest BCUT2D eigenvalue weighted by atomic mass is 10.2. The highest BCUT2D eigenvalue weighted by Gasteiger charge is 2.22. The highest BCUT2D eigenvalue weighted by molar-refractivity contribution is 5.94. The van der Waals surface area contributed by atoms with Crippen molar-refractivity contribution in [1.82, 2.24) is 14.8 Å². The van der Waals surface area contributed by atoms with E-state index in [1.165, 1.54) is 5.56 Å². The molecule has 0 aliphatic carbocycles. The predicted molar refractivity (Wildman–Crippen MR) is 86.3 cm³/mol. The lowest BCUT2D eigenvalue weighted by Crippen LogP contribution is -2.48. The molecule has 0 radical (unpaired) electrons. The molecule has 3 rings (SSSR count). The van der Waals surface area contributed by atoms with E-state index in [-0.39, 0.29) is 5.91 Å². The van der Waals surface area contributed by atoms with Crippen LogP contribution in [-0.2, 0) is 6.54 Å². The van der Waals surface area contributed by atoms with Gasteiger partial charge in [-0.05, 0) is 17.7 Å². The zero-order chi connectivity index (χ0) is 15.4. The quantitative estimate of drug-likeness (QED) is 0.935. The molecule has 2 aromatic rings. The minimum absolute atomic E-state index is 0.0356. The predicted octanol–water partition coefficient (Wildman–Crippen LogP) is 1.62. The van der Waals surface area contributed by atoms with Crippen molar-refractivity contribution >= 4 is 11.7 Å². The molecule has 1 saturated heterocycles. The fourth-order valence-corrected chi connectivity index (χ4v) is 2.71. The number of pyridine rings is 1. The zero-order valence-electron chi connectivity index (χ0n) is 12.5. The fourth-order valence-electron chi connectivity index (χ4n) is 2.71. The summed E-state index contributed by atoms with van der Waals surface area (Å²) in [6, 6.07) is 13.8. The second kappa shape index (κ2) is 6.58. The summed E-state index contributed by atoms with van der Waals surface area (Å²) in [5.74, 6) is 0.419. The Balaban J connectivity index is 1.56. The lowest BCUT2D eigenvalue weighted by molar-refractivity contribution is 0.0628. The minimum atomic E-state index is 0.0356. The average molecular weight is 296 g/mol. The Kier molecular flexibility index (Phi) is 4.34. The van der Waals surface area contributed by atoms with Crippen LogP contribution in [0.1, 0.15) is 15.9 Å². The molecule has 5 heteroatoms. The third-order valence-corrected chi connectivity index (χ3v) is 3.94. The number of carbonyl (C=O) groups excluding carboxylic acids is 1. The third-order valence-electron chi connectivity index (χ3n) is 3.94. The van der Waals surface area contributed by atoms with Crippen molar-refractivity contribution in [2.45, 2.75) is 6.54 Å². The number of benzene rings is 1. The summed E-state index contributed by atoms with van der Waals surface area (Å²) >= 11 is 0. The number of aromatic nitrogens is 1. The van der Waals surface area contributed by atoms with Gasteiger partial charge in [0.15, 0.2) is 0 Å². The first-order valence-electron chi connectivity index (χ1n) is 7.49. The van der Waals surface area contributed by atoms with Crippen molar-refractivity contribution in [3.05, 3.63) is 59.8 Å². The first-order chi connectivity index (χ1) is 10.7. The first-order valence-corrected chi connectivity index (χ1v) is 7.49. The molecule has 5 nitrogen and oxygen atoms in total. The van der Waals surface area contributed by atoms with Gasteiger partial charge in [0.1, 0.15) is 5.82 Å². The van der Waals surface area contributed by atoms with Gasteiger partial charge in [-0.1, -0.05) is 30.3 Å². The molecule has 1 fully saturated rings.